The number of aromatic nitrogens is 2. The van der Waals surface area contributed by atoms with Crippen molar-refractivity contribution in [1.29, 1.82) is 0 Å². The topological polar surface area (TPSA) is 79.2 Å². The van der Waals surface area contributed by atoms with Gasteiger partial charge in [0.25, 0.3) is 0 Å². The van der Waals surface area contributed by atoms with Crippen molar-refractivity contribution in [3.05, 3.63) is 17.4 Å². The average molecular weight is 273 g/mol. The number of aliphatic hydroxyl groups is 1. The first-order valence-corrected chi connectivity index (χ1v) is 6.36. The summed E-state index contributed by atoms with van der Waals surface area (Å²) < 4.78 is 1.63. The second kappa shape index (κ2) is 6.17. The molecule has 0 radical (unpaired) electrons. The van der Waals surface area contributed by atoms with E-state index in [4.69, 9.17) is 11.6 Å². The van der Waals surface area contributed by atoms with Gasteiger partial charge in [-0.3, -0.25) is 9.48 Å². The maximum absolute atomic E-state index is 11.6. The molecular formula is C11H17ClN4O2. The van der Waals surface area contributed by atoms with Gasteiger partial charge in [-0.1, -0.05) is 11.6 Å². The van der Waals surface area contributed by atoms with Crippen LogP contribution >= 0.6 is 11.6 Å². The van der Waals surface area contributed by atoms with Crippen molar-refractivity contribution in [2.24, 2.45) is 5.92 Å². The van der Waals surface area contributed by atoms with Gasteiger partial charge in [0.2, 0.25) is 5.91 Å². The Labute approximate surface area is 110 Å². The number of carbonyl (C=O) groups excluding carboxylic acids is 1. The van der Waals surface area contributed by atoms with Gasteiger partial charge in [-0.15, -0.1) is 0 Å². The van der Waals surface area contributed by atoms with E-state index >= 15 is 0 Å². The van der Waals surface area contributed by atoms with Crippen LogP contribution in [-0.2, 0) is 11.3 Å². The van der Waals surface area contributed by atoms with Crippen molar-refractivity contribution in [2.75, 3.05) is 19.6 Å². The minimum absolute atomic E-state index is 0.0410. The SMILES string of the molecule is O=C(CCn1cc(Cl)cn1)NCC1CNCC1O. The molecule has 1 saturated heterocycles. The molecule has 2 heterocycles. The van der Waals surface area contributed by atoms with Gasteiger partial charge >= 0.3 is 0 Å². The summed E-state index contributed by atoms with van der Waals surface area (Å²) in [6.45, 7) is 2.36. The largest absolute Gasteiger partial charge is 0.391 e. The van der Waals surface area contributed by atoms with Crippen LogP contribution in [0.1, 0.15) is 6.42 Å². The van der Waals surface area contributed by atoms with E-state index in [0.29, 0.717) is 31.1 Å². The van der Waals surface area contributed by atoms with Crippen LogP contribution in [0.15, 0.2) is 12.4 Å². The number of hydrogen-bond donors (Lipinski definition) is 3. The van der Waals surface area contributed by atoms with Crippen LogP contribution < -0.4 is 10.6 Å². The molecule has 1 aliphatic heterocycles. The van der Waals surface area contributed by atoms with E-state index in [1.165, 1.54) is 0 Å². The van der Waals surface area contributed by atoms with Gasteiger partial charge in [-0.25, -0.2) is 0 Å². The number of halogens is 1. The van der Waals surface area contributed by atoms with Crippen LogP contribution in [-0.4, -0.2) is 46.5 Å². The first-order valence-electron chi connectivity index (χ1n) is 5.98. The molecule has 6 nitrogen and oxygen atoms in total. The van der Waals surface area contributed by atoms with Crippen molar-refractivity contribution in [3.8, 4) is 0 Å². The van der Waals surface area contributed by atoms with Crippen LogP contribution in [0.5, 0.6) is 0 Å². The lowest BCUT2D eigenvalue weighted by atomic mass is 10.1. The molecule has 1 amide bonds. The molecule has 2 atom stereocenters. The summed E-state index contributed by atoms with van der Waals surface area (Å²) in [5, 5.41) is 20.0. The summed E-state index contributed by atoms with van der Waals surface area (Å²) in [5.41, 5.74) is 0. The third kappa shape index (κ3) is 3.69. The molecule has 2 rings (SSSR count). The molecule has 0 bridgehead atoms. The number of nitrogens with zero attached hydrogens (tertiary/aromatic N) is 2. The number of hydrogen-bond acceptors (Lipinski definition) is 4. The average Bonchev–Trinajstić information content (AvgIpc) is 2.93. The molecule has 1 aliphatic rings. The zero-order chi connectivity index (χ0) is 13.0. The smallest absolute Gasteiger partial charge is 0.221 e. The number of aliphatic hydroxyl groups excluding tert-OH is 1. The standard InChI is InChI=1S/C11H17ClN4O2/c12-9-5-15-16(7-9)2-1-11(18)14-4-8-3-13-6-10(8)17/h5,7-8,10,13,17H,1-4,6H2,(H,14,18). The van der Waals surface area contributed by atoms with Crippen molar-refractivity contribution in [2.45, 2.75) is 19.1 Å². The predicted octanol–water partition coefficient (Wildman–Crippen LogP) is -0.377. The van der Waals surface area contributed by atoms with Gasteiger partial charge in [0.1, 0.15) is 0 Å². The van der Waals surface area contributed by atoms with Crippen LogP contribution in [0.4, 0.5) is 0 Å². The van der Waals surface area contributed by atoms with Gasteiger partial charge in [0.15, 0.2) is 0 Å². The minimum atomic E-state index is -0.366. The van der Waals surface area contributed by atoms with Gasteiger partial charge in [-0.05, 0) is 0 Å². The first-order chi connectivity index (χ1) is 8.65. The lowest BCUT2D eigenvalue weighted by Crippen LogP contribution is -2.34. The third-order valence-electron chi connectivity index (χ3n) is 3.04. The Bertz CT molecular complexity index is 410. The van der Waals surface area contributed by atoms with Gasteiger partial charge < -0.3 is 15.7 Å². The molecule has 0 aromatic carbocycles. The Morgan fingerprint density at radius 3 is 3.11 bits per heavy atom. The molecular weight excluding hydrogens is 256 g/mol. The number of nitrogens with one attached hydrogen (secondary N) is 2. The molecule has 1 aromatic heterocycles. The summed E-state index contributed by atoms with van der Waals surface area (Å²) >= 11 is 5.72. The fraction of sp³-hybridized carbons (Fsp3) is 0.636. The van der Waals surface area contributed by atoms with Crippen molar-refractivity contribution >= 4 is 17.5 Å². The van der Waals surface area contributed by atoms with E-state index in [1.54, 1.807) is 17.1 Å². The summed E-state index contributed by atoms with van der Waals surface area (Å²) in [7, 11) is 0. The number of β-amino-alcohol motifs (C(OH)–C–C–N with tert-alkyl or cyclic N) is 1. The highest BCUT2D eigenvalue weighted by Gasteiger charge is 2.24. The van der Waals surface area contributed by atoms with Crippen LogP contribution in [0.2, 0.25) is 5.02 Å². The second-order valence-electron chi connectivity index (χ2n) is 4.46. The zero-order valence-corrected chi connectivity index (χ0v) is 10.7. The van der Waals surface area contributed by atoms with E-state index in [2.05, 4.69) is 15.7 Å². The zero-order valence-electron chi connectivity index (χ0n) is 9.97. The monoisotopic (exact) mass is 272 g/mol. The molecule has 0 aliphatic carbocycles. The van der Waals surface area contributed by atoms with Crippen LogP contribution in [0.3, 0.4) is 0 Å². The molecule has 100 valence electrons. The van der Waals surface area contributed by atoms with Gasteiger partial charge in [0, 0.05) is 44.7 Å². The van der Waals surface area contributed by atoms with Crippen molar-refractivity contribution < 1.29 is 9.90 Å². The molecule has 7 heteroatoms. The van der Waals surface area contributed by atoms with Crippen LogP contribution in [0, 0.1) is 5.92 Å². The van der Waals surface area contributed by atoms with E-state index in [0.717, 1.165) is 6.54 Å². The molecule has 2 unspecified atom stereocenters. The van der Waals surface area contributed by atoms with Crippen molar-refractivity contribution in [1.82, 2.24) is 20.4 Å². The van der Waals surface area contributed by atoms with Gasteiger partial charge in [0.05, 0.1) is 17.3 Å². The van der Waals surface area contributed by atoms with Crippen molar-refractivity contribution in [3.63, 3.8) is 0 Å². The maximum atomic E-state index is 11.6. The Balaban J connectivity index is 1.66. The fourth-order valence-electron chi connectivity index (χ4n) is 1.94. The third-order valence-corrected chi connectivity index (χ3v) is 3.23. The highest BCUT2D eigenvalue weighted by molar-refractivity contribution is 6.30. The molecule has 1 fully saturated rings. The number of amides is 1. The summed E-state index contributed by atoms with van der Waals surface area (Å²) in [6, 6.07) is 0. The summed E-state index contributed by atoms with van der Waals surface area (Å²) in [6.07, 6.45) is 3.21. The maximum Gasteiger partial charge on any atom is 0.221 e. The molecule has 3 N–H and O–H groups in total. The van der Waals surface area contributed by atoms with E-state index < -0.39 is 0 Å². The normalized spacial score (nSPS) is 23.2. The molecule has 0 spiro atoms. The van der Waals surface area contributed by atoms with Gasteiger partial charge in [-0.2, -0.15) is 5.10 Å². The Morgan fingerprint density at radius 2 is 2.50 bits per heavy atom. The highest BCUT2D eigenvalue weighted by atomic mass is 35.5. The minimum Gasteiger partial charge on any atom is -0.391 e. The first kappa shape index (κ1) is 13.3. The molecule has 0 saturated carbocycles. The second-order valence-corrected chi connectivity index (χ2v) is 4.90. The van der Waals surface area contributed by atoms with E-state index in [9.17, 15) is 9.90 Å². The van der Waals surface area contributed by atoms with E-state index in [-0.39, 0.29) is 17.9 Å². The Morgan fingerprint density at radius 1 is 1.67 bits per heavy atom. The number of carbonyl (C=O) groups is 1. The fourth-order valence-corrected chi connectivity index (χ4v) is 2.09. The Kier molecular flexibility index (Phi) is 4.57. The highest BCUT2D eigenvalue weighted by Crippen LogP contribution is 2.07. The predicted molar refractivity (Wildman–Crippen MR) is 67.2 cm³/mol. The number of aryl methyl sites for hydroxylation is 1. The Hall–Kier alpha value is -1.11. The molecule has 18 heavy (non-hydrogen) atoms. The summed E-state index contributed by atoms with van der Waals surface area (Å²) in [4.78, 5) is 11.6. The lowest BCUT2D eigenvalue weighted by molar-refractivity contribution is -0.121. The van der Waals surface area contributed by atoms with E-state index in [1.807, 2.05) is 0 Å². The van der Waals surface area contributed by atoms with Crippen LogP contribution in [0.25, 0.3) is 0 Å². The summed E-state index contributed by atoms with van der Waals surface area (Å²) in [5.74, 6) is 0.0637. The molecule has 1 aromatic rings. The lowest BCUT2D eigenvalue weighted by Gasteiger charge is -2.14. The number of rotatable bonds is 5. The quantitative estimate of drug-likeness (QED) is 0.683.